The van der Waals surface area contributed by atoms with Crippen molar-refractivity contribution < 1.29 is 43.5 Å². The molecular weight excluding hydrogens is 686 g/mol. The maximum atomic E-state index is 14.0. The van der Waals surface area contributed by atoms with Gasteiger partial charge in [0.2, 0.25) is 41.4 Å². The fraction of sp³-hybridized carbons (Fsp3) is 0.622. The van der Waals surface area contributed by atoms with Crippen LogP contribution in [0, 0.1) is 23.7 Å². The van der Waals surface area contributed by atoms with Gasteiger partial charge in [0.05, 0.1) is 6.42 Å². The standard InChI is InChI=1S/C37H59N7O9/c1-10-21(7)30(39-23(9)45)37(53)43-29(20(5)6)35(51)44-31(22(8)11-2)36(52)41-25(17-24-15-13-12-14-16-24)33(49)40-26(18-27(46)47)34(50)42-28(19(3)4)32(38)48/h12-16,19-22,25-26,28-31H,10-11,17-18H2,1-9H3,(H2,38,48)(H,39,45)(H,40,49)(H,41,52)(H,42,50)(H,43,53)(H,44,51)(H,46,47). The predicted molar refractivity (Wildman–Crippen MR) is 197 cm³/mol. The van der Waals surface area contributed by atoms with Crippen LogP contribution in [0.5, 0.6) is 0 Å². The Morgan fingerprint density at radius 2 is 1.00 bits per heavy atom. The highest BCUT2D eigenvalue weighted by Crippen LogP contribution is 2.14. The molecule has 16 nitrogen and oxygen atoms in total. The van der Waals surface area contributed by atoms with Crippen molar-refractivity contribution in [1.82, 2.24) is 31.9 Å². The first kappa shape index (κ1) is 46.0. The van der Waals surface area contributed by atoms with Gasteiger partial charge in [0.1, 0.15) is 36.3 Å². The third kappa shape index (κ3) is 15.2. The Kier molecular flexibility index (Phi) is 19.2. The molecule has 7 amide bonds. The molecule has 0 saturated carbocycles. The van der Waals surface area contributed by atoms with Crippen molar-refractivity contribution in [3.8, 4) is 0 Å². The van der Waals surface area contributed by atoms with Crippen LogP contribution in [0.15, 0.2) is 30.3 Å². The lowest BCUT2D eigenvalue weighted by atomic mass is 9.94. The number of carbonyl (C=O) groups excluding carboxylic acids is 7. The number of benzene rings is 1. The third-order valence-corrected chi connectivity index (χ3v) is 9.09. The molecule has 0 spiro atoms. The normalized spacial score (nSPS) is 15.7. The SMILES string of the molecule is CCC(C)C(NC(C)=O)C(=O)NC(C(=O)NC(C(=O)NC(Cc1ccccc1)C(=O)NC(CC(=O)O)C(=O)NC(C(N)=O)C(C)C)C(C)CC)C(C)C. The molecular formula is C37H59N7O9. The highest BCUT2D eigenvalue weighted by Gasteiger charge is 2.36. The van der Waals surface area contributed by atoms with E-state index in [0.29, 0.717) is 18.4 Å². The van der Waals surface area contributed by atoms with Crippen LogP contribution in [0.4, 0.5) is 0 Å². The molecule has 0 aromatic heterocycles. The second-order valence-corrected chi connectivity index (χ2v) is 14.2. The monoisotopic (exact) mass is 745 g/mol. The summed E-state index contributed by atoms with van der Waals surface area (Å²) in [6.45, 7) is 15.2. The molecule has 0 aliphatic rings. The second kappa shape index (κ2) is 22.1. The van der Waals surface area contributed by atoms with Gasteiger partial charge in [-0.25, -0.2) is 0 Å². The number of amides is 7. The van der Waals surface area contributed by atoms with Crippen molar-refractivity contribution >= 4 is 47.3 Å². The van der Waals surface area contributed by atoms with E-state index in [1.165, 1.54) is 6.92 Å². The van der Waals surface area contributed by atoms with Gasteiger partial charge < -0.3 is 42.7 Å². The number of hydrogen-bond acceptors (Lipinski definition) is 8. The third-order valence-electron chi connectivity index (χ3n) is 9.09. The van der Waals surface area contributed by atoms with Crippen LogP contribution >= 0.6 is 0 Å². The van der Waals surface area contributed by atoms with Gasteiger partial charge in [0.15, 0.2) is 0 Å². The first-order valence-corrected chi connectivity index (χ1v) is 18.1. The number of primary amides is 1. The van der Waals surface area contributed by atoms with Crippen LogP contribution in [-0.4, -0.2) is 88.7 Å². The molecule has 8 unspecified atom stereocenters. The molecule has 8 atom stereocenters. The minimum Gasteiger partial charge on any atom is -0.481 e. The summed E-state index contributed by atoms with van der Waals surface area (Å²) in [6, 6.07) is 1.36. The molecule has 0 radical (unpaired) electrons. The van der Waals surface area contributed by atoms with Crippen LogP contribution in [0.2, 0.25) is 0 Å². The zero-order valence-electron chi connectivity index (χ0n) is 32.3. The van der Waals surface area contributed by atoms with Gasteiger partial charge in [-0.1, -0.05) is 98.6 Å². The lowest BCUT2D eigenvalue weighted by Crippen LogP contribution is -2.62. The summed E-state index contributed by atoms with van der Waals surface area (Å²) in [5, 5.41) is 25.1. The second-order valence-electron chi connectivity index (χ2n) is 14.2. The molecule has 0 fully saturated rings. The van der Waals surface area contributed by atoms with Gasteiger partial charge >= 0.3 is 5.97 Å². The van der Waals surface area contributed by atoms with E-state index in [2.05, 4.69) is 31.9 Å². The summed E-state index contributed by atoms with van der Waals surface area (Å²) in [5.41, 5.74) is 6.04. The molecule has 53 heavy (non-hydrogen) atoms. The molecule has 296 valence electrons. The fourth-order valence-electron chi connectivity index (χ4n) is 5.44. The molecule has 1 aromatic rings. The lowest BCUT2D eigenvalue weighted by molar-refractivity contribution is -0.141. The largest absolute Gasteiger partial charge is 0.481 e. The number of aliphatic carboxylic acids is 1. The van der Waals surface area contributed by atoms with E-state index in [1.807, 2.05) is 13.8 Å². The number of carboxylic acid groups (broad SMARTS) is 1. The van der Waals surface area contributed by atoms with Crippen molar-refractivity contribution in [2.75, 3.05) is 0 Å². The number of hydrogen-bond donors (Lipinski definition) is 8. The minimum absolute atomic E-state index is 0.0677. The summed E-state index contributed by atoms with van der Waals surface area (Å²) in [7, 11) is 0. The molecule has 0 aliphatic heterocycles. The van der Waals surface area contributed by atoms with Crippen LogP contribution in [0.3, 0.4) is 0 Å². The molecule has 16 heteroatoms. The van der Waals surface area contributed by atoms with E-state index in [1.54, 1.807) is 71.9 Å². The summed E-state index contributed by atoms with van der Waals surface area (Å²) in [6.07, 6.45) is 0.115. The quantitative estimate of drug-likeness (QED) is 0.0822. The topological polar surface area (TPSA) is 255 Å². The summed E-state index contributed by atoms with van der Waals surface area (Å²) >= 11 is 0. The van der Waals surface area contributed by atoms with Crippen molar-refractivity contribution in [1.29, 1.82) is 0 Å². The van der Waals surface area contributed by atoms with Gasteiger partial charge in [-0.3, -0.25) is 38.4 Å². The van der Waals surface area contributed by atoms with Crippen molar-refractivity contribution in [3.63, 3.8) is 0 Å². The molecule has 0 saturated heterocycles. The van der Waals surface area contributed by atoms with Gasteiger partial charge in [-0.05, 0) is 29.2 Å². The Balaban J connectivity index is 3.43. The molecule has 0 bridgehead atoms. The summed E-state index contributed by atoms with van der Waals surface area (Å²) in [4.78, 5) is 103. The van der Waals surface area contributed by atoms with Gasteiger partial charge in [-0.15, -0.1) is 0 Å². The smallest absolute Gasteiger partial charge is 0.305 e. The predicted octanol–water partition coefficient (Wildman–Crippen LogP) is 0.522. The van der Waals surface area contributed by atoms with E-state index in [4.69, 9.17) is 5.73 Å². The maximum absolute atomic E-state index is 14.0. The van der Waals surface area contributed by atoms with E-state index >= 15 is 0 Å². The zero-order chi connectivity index (χ0) is 40.6. The average molecular weight is 746 g/mol. The summed E-state index contributed by atoms with van der Waals surface area (Å²) in [5.74, 6) is -7.99. The first-order valence-electron chi connectivity index (χ1n) is 18.1. The maximum Gasteiger partial charge on any atom is 0.305 e. The van der Waals surface area contributed by atoms with Crippen LogP contribution in [-0.2, 0) is 44.8 Å². The Hall–Kier alpha value is -5.02. The number of nitrogens with two attached hydrogens (primary N) is 1. The Morgan fingerprint density at radius 3 is 1.45 bits per heavy atom. The van der Waals surface area contributed by atoms with E-state index < -0.39 is 108 Å². The molecule has 9 N–H and O–H groups in total. The van der Waals surface area contributed by atoms with Crippen LogP contribution < -0.4 is 37.6 Å². The number of carbonyl (C=O) groups is 8. The Bertz CT molecular complexity index is 1440. The van der Waals surface area contributed by atoms with Crippen molar-refractivity contribution in [3.05, 3.63) is 35.9 Å². The van der Waals surface area contributed by atoms with Crippen molar-refractivity contribution in [2.24, 2.45) is 29.4 Å². The minimum atomic E-state index is -1.63. The van der Waals surface area contributed by atoms with E-state index in [-0.39, 0.29) is 12.3 Å². The number of carboxylic acids is 1. The van der Waals surface area contributed by atoms with Gasteiger partial charge in [0.25, 0.3) is 0 Å². The van der Waals surface area contributed by atoms with E-state index in [0.717, 1.165) is 0 Å². The molecule has 1 aromatic carbocycles. The van der Waals surface area contributed by atoms with Crippen LogP contribution in [0.1, 0.15) is 87.1 Å². The van der Waals surface area contributed by atoms with Crippen molar-refractivity contribution in [2.45, 2.75) is 124 Å². The van der Waals surface area contributed by atoms with E-state index in [9.17, 15) is 43.5 Å². The number of nitrogens with one attached hydrogen (secondary N) is 6. The highest BCUT2D eigenvalue weighted by molar-refractivity contribution is 5.98. The van der Waals surface area contributed by atoms with Gasteiger partial charge in [-0.2, -0.15) is 0 Å². The number of rotatable bonds is 22. The molecule has 0 heterocycles. The fourth-order valence-corrected chi connectivity index (χ4v) is 5.44. The Morgan fingerprint density at radius 1 is 0.585 bits per heavy atom. The zero-order valence-corrected chi connectivity index (χ0v) is 32.3. The average Bonchev–Trinajstić information content (AvgIpc) is 3.08. The highest BCUT2D eigenvalue weighted by atomic mass is 16.4. The molecule has 0 aliphatic carbocycles. The first-order chi connectivity index (χ1) is 24.7. The van der Waals surface area contributed by atoms with Crippen LogP contribution in [0.25, 0.3) is 0 Å². The molecule has 1 rings (SSSR count). The van der Waals surface area contributed by atoms with Gasteiger partial charge in [0, 0.05) is 13.3 Å². The lowest BCUT2D eigenvalue weighted by Gasteiger charge is -2.31. The Labute approximate surface area is 311 Å². The summed E-state index contributed by atoms with van der Waals surface area (Å²) < 4.78 is 0.